The fourth-order valence-corrected chi connectivity index (χ4v) is 4.14. The summed E-state index contributed by atoms with van der Waals surface area (Å²) in [6.45, 7) is 4.56. The number of ether oxygens (including phenoxy) is 1. The van der Waals surface area contributed by atoms with Crippen LogP contribution in [0, 0.1) is 0 Å². The van der Waals surface area contributed by atoms with Crippen LogP contribution in [0.4, 0.5) is 0 Å². The van der Waals surface area contributed by atoms with Crippen LogP contribution in [-0.4, -0.2) is 97.7 Å². The molecule has 1 aromatic rings. The summed E-state index contributed by atoms with van der Waals surface area (Å²) in [7, 11) is 5.29. The molecule has 3 amide bonds. The van der Waals surface area contributed by atoms with E-state index in [1.807, 2.05) is 32.2 Å². The van der Waals surface area contributed by atoms with Crippen LogP contribution in [0.2, 0.25) is 0 Å². The number of nitrogens with zero attached hydrogens (tertiary/aromatic N) is 4. The van der Waals surface area contributed by atoms with Crippen LogP contribution < -0.4 is 5.32 Å². The van der Waals surface area contributed by atoms with Gasteiger partial charge in [-0.25, -0.2) is 5.01 Å². The van der Waals surface area contributed by atoms with Crippen molar-refractivity contribution in [2.24, 2.45) is 0 Å². The predicted octanol–water partition coefficient (Wildman–Crippen LogP) is 0.913. The number of nitrogens with one attached hydrogen (secondary N) is 1. The second-order valence-electron chi connectivity index (χ2n) is 8.03. The third kappa shape index (κ3) is 6.51. The lowest BCUT2D eigenvalue weighted by atomic mass is 10.0. The Morgan fingerprint density at radius 2 is 1.94 bits per heavy atom. The number of hydrazine groups is 1. The van der Waals surface area contributed by atoms with Gasteiger partial charge in [0, 0.05) is 33.9 Å². The lowest BCUT2D eigenvalue weighted by Crippen LogP contribution is -2.74. The van der Waals surface area contributed by atoms with Crippen LogP contribution in [0.25, 0.3) is 0 Å². The van der Waals surface area contributed by atoms with E-state index in [0.29, 0.717) is 26.1 Å². The van der Waals surface area contributed by atoms with Crippen molar-refractivity contribution >= 4 is 18.2 Å². The Labute approximate surface area is 191 Å². The molecule has 3 rings (SSSR count). The second kappa shape index (κ2) is 13.1. The van der Waals surface area contributed by atoms with E-state index >= 15 is 0 Å². The number of carbonyl (C=O) groups is 3. The lowest BCUT2D eigenvalue weighted by molar-refractivity contribution is -0.196. The maximum atomic E-state index is 12.8. The van der Waals surface area contributed by atoms with Crippen LogP contribution in [-0.2, 0) is 25.7 Å². The van der Waals surface area contributed by atoms with Gasteiger partial charge in [0.15, 0.2) is 0 Å². The van der Waals surface area contributed by atoms with Gasteiger partial charge in [0.1, 0.15) is 12.2 Å². The van der Waals surface area contributed by atoms with Crippen molar-refractivity contribution in [3.05, 3.63) is 35.9 Å². The summed E-state index contributed by atoms with van der Waals surface area (Å²) in [6, 6.07) is 9.86. The molecule has 0 spiro atoms. The number of hydrogen-bond acceptors (Lipinski definition) is 6. The van der Waals surface area contributed by atoms with Crippen LogP contribution in [0.5, 0.6) is 0 Å². The standard InChI is InChI=1S/C15H26N4O4.C8H11N/c1-4-6-12-15(22)17(7-5-8-23-3)9-13-18(11-20)16(2)10-14(21)19(12)13;1-9-7-8-5-3-2-4-6-8/h11-13H,4-10H2,1-3H3;2-6,9H,7H2,1H3/t12-,13?;/m0./s1. The first-order valence-corrected chi connectivity index (χ1v) is 11.2. The van der Waals surface area contributed by atoms with Crippen molar-refractivity contribution in [1.29, 1.82) is 0 Å². The normalized spacial score (nSPS) is 21.2. The summed E-state index contributed by atoms with van der Waals surface area (Å²) in [5.41, 5.74) is 1.33. The molecule has 0 bridgehead atoms. The van der Waals surface area contributed by atoms with Gasteiger partial charge in [-0.15, -0.1) is 0 Å². The highest BCUT2D eigenvalue weighted by molar-refractivity contribution is 5.90. The van der Waals surface area contributed by atoms with Gasteiger partial charge in [-0.05, 0) is 25.5 Å². The van der Waals surface area contributed by atoms with Gasteiger partial charge in [-0.2, -0.15) is 0 Å². The van der Waals surface area contributed by atoms with Crippen LogP contribution in [0.1, 0.15) is 31.7 Å². The molecule has 2 atom stereocenters. The zero-order valence-corrected chi connectivity index (χ0v) is 19.7. The van der Waals surface area contributed by atoms with Gasteiger partial charge >= 0.3 is 0 Å². The SMILES string of the molecule is CCC[C@H]1C(=O)N(CCCOC)CC2N1C(=O)CN(C)N2C=O.CNCc1ccccc1. The largest absolute Gasteiger partial charge is 0.385 e. The zero-order chi connectivity index (χ0) is 23.5. The Balaban J connectivity index is 0.000000336. The summed E-state index contributed by atoms with van der Waals surface area (Å²) >= 11 is 0. The van der Waals surface area contributed by atoms with Crippen molar-refractivity contribution in [3.8, 4) is 0 Å². The molecular formula is C23H37N5O4. The van der Waals surface area contributed by atoms with Crippen LogP contribution in [0.15, 0.2) is 30.3 Å². The molecule has 2 aliphatic heterocycles. The molecule has 0 aromatic heterocycles. The summed E-state index contributed by atoms with van der Waals surface area (Å²) in [4.78, 5) is 40.0. The number of carbonyl (C=O) groups excluding carboxylic acids is 3. The van der Waals surface area contributed by atoms with E-state index in [-0.39, 0.29) is 18.4 Å². The van der Waals surface area contributed by atoms with Gasteiger partial charge in [-0.3, -0.25) is 19.4 Å². The number of amides is 3. The van der Waals surface area contributed by atoms with Crippen molar-refractivity contribution in [3.63, 3.8) is 0 Å². The second-order valence-corrected chi connectivity index (χ2v) is 8.03. The fraction of sp³-hybridized carbons (Fsp3) is 0.609. The lowest BCUT2D eigenvalue weighted by Gasteiger charge is -2.53. The number of piperazine rings is 1. The Hall–Kier alpha value is -2.49. The summed E-state index contributed by atoms with van der Waals surface area (Å²) in [5, 5.41) is 6.21. The molecule has 1 N–H and O–H groups in total. The number of likely N-dealkylation sites (N-methyl/N-ethyl adjacent to an activating group) is 1. The van der Waals surface area contributed by atoms with Gasteiger partial charge in [0.2, 0.25) is 18.2 Å². The number of rotatable bonds is 9. The molecule has 1 unspecified atom stereocenters. The van der Waals surface area contributed by atoms with E-state index in [1.54, 1.807) is 29.0 Å². The molecule has 0 saturated carbocycles. The number of hydrogen-bond donors (Lipinski definition) is 1. The molecule has 2 heterocycles. The quantitative estimate of drug-likeness (QED) is 0.448. The van der Waals surface area contributed by atoms with Crippen LogP contribution >= 0.6 is 0 Å². The average Bonchev–Trinajstić information content (AvgIpc) is 2.78. The minimum absolute atomic E-state index is 0.0250. The van der Waals surface area contributed by atoms with E-state index in [4.69, 9.17) is 4.74 Å². The molecule has 0 radical (unpaired) electrons. The monoisotopic (exact) mass is 447 g/mol. The Morgan fingerprint density at radius 1 is 1.22 bits per heavy atom. The first-order valence-electron chi connectivity index (χ1n) is 11.2. The molecule has 2 saturated heterocycles. The first kappa shape index (κ1) is 25.8. The minimum Gasteiger partial charge on any atom is -0.385 e. The Morgan fingerprint density at radius 3 is 2.53 bits per heavy atom. The highest BCUT2D eigenvalue weighted by atomic mass is 16.5. The highest BCUT2D eigenvalue weighted by Crippen LogP contribution is 2.26. The van der Waals surface area contributed by atoms with E-state index in [2.05, 4.69) is 17.4 Å². The van der Waals surface area contributed by atoms with Crippen molar-refractivity contribution < 1.29 is 19.1 Å². The van der Waals surface area contributed by atoms with E-state index < -0.39 is 12.2 Å². The Kier molecular flexibility index (Phi) is 10.6. The van der Waals surface area contributed by atoms with Crippen molar-refractivity contribution in [1.82, 2.24) is 25.1 Å². The van der Waals surface area contributed by atoms with Crippen molar-refractivity contribution in [2.75, 3.05) is 47.4 Å². The Bertz CT molecular complexity index is 732. The zero-order valence-electron chi connectivity index (χ0n) is 19.7. The number of benzene rings is 1. The molecule has 178 valence electrons. The third-order valence-corrected chi connectivity index (χ3v) is 5.66. The maximum Gasteiger partial charge on any atom is 0.245 e. The van der Waals surface area contributed by atoms with Gasteiger partial charge in [0.25, 0.3) is 0 Å². The predicted molar refractivity (Wildman–Crippen MR) is 122 cm³/mol. The molecule has 2 fully saturated rings. The topological polar surface area (TPSA) is 85.4 Å². The highest BCUT2D eigenvalue weighted by Gasteiger charge is 2.48. The number of fused-ring (bicyclic) bond motifs is 1. The molecule has 32 heavy (non-hydrogen) atoms. The minimum atomic E-state index is -0.482. The van der Waals surface area contributed by atoms with Gasteiger partial charge in [-0.1, -0.05) is 43.7 Å². The molecule has 0 aliphatic carbocycles. The van der Waals surface area contributed by atoms with Crippen molar-refractivity contribution in [2.45, 2.75) is 44.9 Å². The molecule has 1 aromatic carbocycles. The molecule has 9 heteroatoms. The summed E-state index contributed by atoms with van der Waals surface area (Å²) in [6.07, 6.45) is 2.46. The van der Waals surface area contributed by atoms with Gasteiger partial charge in [0.05, 0.1) is 13.1 Å². The summed E-state index contributed by atoms with van der Waals surface area (Å²) < 4.78 is 5.05. The molecule has 9 nitrogen and oxygen atoms in total. The van der Waals surface area contributed by atoms with Crippen LogP contribution in [0.3, 0.4) is 0 Å². The molecular weight excluding hydrogens is 410 g/mol. The maximum absolute atomic E-state index is 12.8. The fourth-order valence-electron chi connectivity index (χ4n) is 4.14. The van der Waals surface area contributed by atoms with E-state index in [0.717, 1.165) is 25.8 Å². The van der Waals surface area contributed by atoms with E-state index in [1.165, 1.54) is 10.6 Å². The third-order valence-electron chi connectivity index (χ3n) is 5.66. The average molecular weight is 448 g/mol. The molecule has 2 aliphatic rings. The number of methoxy groups -OCH3 is 1. The van der Waals surface area contributed by atoms with Gasteiger partial charge < -0.3 is 19.9 Å². The van der Waals surface area contributed by atoms with E-state index in [9.17, 15) is 14.4 Å². The first-order chi connectivity index (χ1) is 15.5. The smallest absolute Gasteiger partial charge is 0.245 e. The summed E-state index contributed by atoms with van der Waals surface area (Å²) in [5.74, 6) is -0.123.